The summed E-state index contributed by atoms with van der Waals surface area (Å²) in [4.78, 5) is 8.56. The molecule has 4 nitrogen and oxygen atoms in total. The maximum absolute atomic E-state index is 12.9. The first-order valence-corrected chi connectivity index (χ1v) is 6.14. The fraction of sp³-hybridized carbons (Fsp3) is 0.286. The summed E-state index contributed by atoms with van der Waals surface area (Å²) >= 11 is 0. The molecule has 0 radical (unpaired) electrons. The molecule has 0 aliphatic heterocycles. The maximum atomic E-state index is 12.9. The average molecular weight is 260 g/mol. The molecule has 0 saturated carbocycles. The van der Waals surface area contributed by atoms with Gasteiger partial charge in [-0.2, -0.15) is 4.98 Å². The van der Waals surface area contributed by atoms with Crippen LogP contribution in [0.4, 0.5) is 16.2 Å². The van der Waals surface area contributed by atoms with E-state index in [4.69, 9.17) is 0 Å². The van der Waals surface area contributed by atoms with E-state index in [2.05, 4.69) is 20.6 Å². The van der Waals surface area contributed by atoms with Crippen molar-refractivity contribution in [3.05, 3.63) is 47.4 Å². The number of aryl methyl sites for hydroxylation is 1. The van der Waals surface area contributed by atoms with Crippen LogP contribution in [-0.2, 0) is 0 Å². The summed E-state index contributed by atoms with van der Waals surface area (Å²) in [5, 5.41) is 6.20. The lowest BCUT2D eigenvalue weighted by molar-refractivity contribution is 0.626. The molecule has 1 heterocycles. The number of benzene rings is 1. The zero-order valence-electron chi connectivity index (χ0n) is 11.2. The Morgan fingerprint density at radius 1 is 1.16 bits per heavy atom. The third-order valence-corrected chi connectivity index (χ3v) is 2.81. The molecule has 0 saturated heterocycles. The Balaban J connectivity index is 2.16. The van der Waals surface area contributed by atoms with Crippen molar-refractivity contribution >= 4 is 11.8 Å². The molecule has 0 aliphatic rings. The quantitative estimate of drug-likeness (QED) is 0.886. The van der Waals surface area contributed by atoms with E-state index >= 15 is 0 Å². The summed E-state index contributed by atoms with van der Waals surface area (Å²) < 4.78 is 12.9. The highest BCUT2D eigenvalue weighted by molar-refractivity contribution is 5.43. The molecule has 1 unspecified atom stereocenters. The van der Waals surface area contributed by atoms with Crippen molar-refractivity contribution in [2.45, 2.75) is 19.9 Å². The van der Waals surface area contributed by atoms with Crippen molar-refractivity contribution in [1.82, 2.24) is 9.97 Å². The van der Waals surface area contributed by atoms with Crippen LogP contribution in [0.5, 0.6) is 0 Å². The number of nitrogens with zero attached hydrogens (tertiary/aromatic N) is 2. The number of nitrogens with one attached hydrogen (secondary N) is 2. The second-order valence-corrected chi connectivity index (χ2v) is 4.39. The van der Waals surface area contributed by atoms with E-state index in [0.717, 1.165) is 17.1 Å². The molecule has 5 heteroatoms. The van der Waals surface area contributed by atoms with Gasteiger partial charge < -0.3 is 10.6 Å². The van der Waals surface area contributed by atoms with Gasteiger partial charge in [0.25, 0.3) is 0 Å². The average Bonchev–Trinajstić information content (AvgIpc) is 2.38. The first-order chi connectivity index (χ1) is 9.08. The van der Waals surface area contributed by atoms with Crippen molar-refractivity contribution < 1.29 is 4.39 Å². The summed E-state index contributed by atoms with van der Waals surface area (Å²) in [6.07, 6.45) is 0. The van der Waals surface area contributed by atoms with Gasteiger partial charge >= 0.3 is 0 Å². The molecule has 2 N–H and O–H groups in total. The number of aromatic nitrogens is 2. The summed E-state index contributed by atoms with van der Waals surface area (Å²) in [5.74, 6) is 1.09. The smallest absolute Gasteiger partial charge is 0.224 e. The lowest BCUT2D eigenvalue weighted by Crippen LogP contribution is -2.10. The van der Waals surface area contributed by atoms with Gasteiger partial charge in [0.1, 0.15) is 11.6 Å². The third-order valence-electron chi connectivity index (χ3n) is 2.81. The Morgan fingerprint density at radius 2 is 1.84 bits per heavy atom. The van der Waals surface area contributed by atoms with Crippen molar-refractivity contribution in [1.29, 1.82) is 0 Å². The van der Waals surface area contributed by atoms with E-state index in [1.807, 2.05) is 19.9 Å². The Labute approximate surface area is 112 Å². The van der Waals surface area contributed by atoms with Crippen LogP contribution < -0.4 is 10.6 Å². The number of rotatable bonds is 4. The molecule has 1 aromatic carbocycles. The first-order valence-electron chi connectivity index (χ1n) is 6.14. The lowest BCUT2D eigenvalue weighted by atomic mass is 10.1. The molecule has 0 fully saturated rings. The molecular weight excluding hydrogens is 243 g/mol. The van der Waals surface area contributed by atoms with E-state index in [9.17, 15) is 4.39 Å². The Bertz CT molecular complexity index is 554. The molecule has 19 heavy (non-hydrogen) atoms. The second-order valence-electron chi connectivity index (χ2n) is 4.39. The van der Waals surface area contributed by atoms with Gasteiger partial charge in [0.05, 0.1) is 0 Å². The minimum absolute atomic E-state index is 0.0413. The SMILES string of the molecule is CNc1nc(C)cc(NC(C)c2ccc(F)cc2)n1. The van der Waals surface area contributed by atoms with Crippen LogP contribution in [0.3, 0.4) is 0 Å². The number of anilines is 2. The molecule has 100 valence electrons. The number of hydrogen-bond acceptors (Lipinski definition) is 4. The van der Waals surface area contributed by atoms with Gasteiger partial charge in [0, 0.05) is 24.8 Å². The zero-order chi connectivity index (χ0) is 13.8. The van der Waals surface area contributed by atoms with Gasteiger partial charge in [-0.15, -0.1) is 0 Å². The van der Waals surface area contributed by atoms with Crippen LogP contribution >= 0.6 is 0 Å². The van der Waals surface area contributed by atoms with Gasteiger partial charge in [-0.3, -0.25) is 0 Å². The normalized spacial score (nSPS) is 12.0. The topological polar surface area (TPSA) is 49.8 Å². The van der Waals surface area contributed by atoms with Crippen LogP contribution in [0, 0.1) is 12.7 Å². The van der Waals surface area contributed by atoms with E-state index in [1.54, 1.807) is 19.2 Å². The van der Waals surface area contributed by atoms with Gasteiger partial charge in [0.15, 0.2) is 0 Å². The summed E-state index contributed by atoms with van der Waals surface area (Å²) in [6, 6.07) is 8.36. The summed E-state index contributed by atoms with van der Waals surface area (Å²) in [6.45, 7) is 3.92. The predicted molar refractivity (Wildman–Crippen MR) is 74.8 cm³/mol. The van der Waals surface area contributed by atoms with Crippen LogP contribution in [0.15, 0.2) is 30.3 Å². The number of hydrogen-bond donors (Lipinski definition) is 2. The molecule has 2 rings (SSSR count). The largest absolute Gasteiger partial charge is 0.363 e. The fourth-order valence-electron chi connectivity index (χ4n) is 1.81. The summed E-state index contributed by atoms with van der Waals surface area (Å²) in [5.41, 5.74) is 1.89. The minimum Gasteiger partial charge on any atom is -0.363 e. The van der Waals surface area contributed by atoms with Gasteiger partial charge in [-0.05, 0) is 31.5 Å². The molecule has 0 spiro atoms. The summed E-state index contributed by atoms with van der Waals surface area (Å²) in [7, 11) is 1.78. The highest BCUT2D eigenvalue weighted by Gasteiger charge is 2.07. The fourth-order valence-corrected chi connectivity index (χ4v) is 1.81. The van der Waals surface area contributed by atoms with Crippen molar-refractivity contribution in [3.8, 4) is 0 Å². The van der Waals surface area contributed by atoms with Crippen LogP contribution in [0.1, 0.15) is 24.2 Å². The highest BCUT2D eigenvalue weighted by atomic mass is 19.1. The molecule has 0 amide bonds. The zero-order valence-corrected chi connectivity index (χ0v) is 11.2. The molecular formula is C14H17FN4. The van der Waals surface area contributed by atoms with Crippen molar-refractivity contribution in [2.75, 3.05) is 17.7 Å². The second kappa shape index (κ2) is 5.65. The van der Waals surface area contributed by atoms with Gasteiger partial charge in [0.2, 0.25) is 5.95 Å². The first kappa shape index (κ1) is 13.3. The minimum atomic E-state index is -0.230. The predicted octanol–water partition coefficient (Wildman–Crippen LogP) is 3.14. The van der Waals surface area contributed by atoms with Crippen molar-refractivity contribution in [3.63, 3.8) is 0 Å². The molecule has 2 aromatic rings. The maximum Gasteiger partial charge on any atom is 0.224 e. The highest BCUT2D eigenvalue weighted by Crippen LogP contribution is 2.19. The van der Waals surface area contributed by atoms with E-state index in [1.165, 1.54) is 12.1 Å². The van der Waals surface area contributed by atoms with E-state index < -0.39 is 0 Å². The molecule has 1 atom stereocenters. The van der Waals surface area contributed by atoms with Crippen LogP contribution in [-0.4, -0.2) is 17.0 Å². The van der Waals surface area contributed by atoms with Crippen LogP contribution in [0.2, 0.25) is 0 Å². The van der Waals surface area contributed by atoms with E-state index in [0.29, 0.717) is 5.95 Å². The van der Waals surface area contributed by atoms with Gasteiger partial charge in [-0.25, -0.2) is 9.37 Å². The standard InChI is InChI=1S/C14H17FN4/c1-9-8-13(19-14(16-3)17-9)18-10(2)11-4-6-12(15)7-5-11/h4-8,10H,1-3H3,(H2,16,17,18,19). The molecule has 1 aromatic heterocycles. The Kier molecular flexibility index (Phi) is 3.94. The Hall–Kier alpha value is -2.17. The lowest BCUT2D eigenvalue weighted by Gasteiger charge is -2.15. The molecule has 0 aliphatic carbocycles. The number of halogens is 1. The van der Waals surface area contributed by atoms with Gasteiger partial charge in [-0.1, -0.05) is 12.1 Å². The van der Waals surface area contributed by atoms with Crippen LogP contribution in [0.25, 0.3) is 0 Å². The Morgan fingerprint density at radius 3 is 2.47 bits per heavy atom. The third kappa shape index (κ3) is 3.40. The van der Waals surface area contributed by atoms with E-state index in [-0.39, 0.29) is 11.9 Å². The van der Waals surface area contributed by atoms with Crippen molar-refractivity contribution in [2.24, 2.45) is 0 Å². The molecule has 0 bridgehead atoms. The monoisotopic (exact) mass is 260 g/mol.